The molecule has 0 fully saturated rings. The van der Waals surface area contributed by atoms with Crippen molar-refractivity contribution in [1.82, 2.24) is 0 Å². The first-order valence-corrected chi connectivity index (χ1v) is 11.9. The molecule has 4 rings (SSSR count). The number of nitrogens with one attached hydrogen (secondary N) is 1. The Morgan fingerprint density at radius 2 is 1.81 bits per heavy atom. The molecule has 1 amide bonds. The van der Waals surface area contributed by atoms with Gasteiger partial charge in [0.2, 0.25) is 0 Å². The Kier molecular flexibility index (Phi) is 5.77. The molecule has 0 aliphatic carbocycles. The maximum atomic E-state index is 13.3. The van der Waals surface area contributed by atoms with Gasteiger partial charge in [-0.2, -0.15) is 0 Å². The number of sulfonamides is 1. The Balaban J connectivity index is 1.63. The van der Waals surface area contributed by atoms with Crippen LogP contribution in [0.25, 0.3) is 0 Å². The second-order valence-electron chi connectivity index (χ2n) is 7.62. The third kappa shape index (κ3) is 4.05. The fourth-order valence-electron chi connectivity index (χ4n) is 3.98. The number of carbonyl (C=O) groups excluding carboxylic acids is 1. The second kappa shape index (κ2) is 8.36. The number of nitrogens with zero attached hydrogens (tertiary/aromatic N) is 1. The summed E-state index contributed by atoms with van der Waals surface area (Å²) in [6, 6.07) is 18.8. The first kappa shape index (κ1) is 21.4. The summed E-state index contributed by atoms with van der Waals surface area (Å²) < 4.78 is 27.9. The van der Waals surface area contributed by atoms with Crippen LogP contribution in [0.3, 0.4) is 0 Å². The van der Waals surface area contributed by atoms with Crippen molar-refractivity contribution in [3.05, 3.63) is 88.4 Å². The van der Waals surface area contributed by atoms with Crippen molar-refractivity contribution in [3.63, 3.8) is 0 Å². The molecule has 1 atom stereocenters. The van der Waals surface area contributed by atoms with Crippen LogP contribution < -0.4 is 9.62 Å². The molecule has 0 saturated carbocycles. The number of carbonyl (C=O) groups is 1. The SMILES string of the molecule is CCc1ccccc1NC(=O)c1ccc2c(c1)C[C@H](C)N2S(=O)(=O)c1ccc(Cl)cc1. The Labute approximate surface area is 187 Å². The van der Waals surface area contributed by atoms with Crippen LogP contribution in [0, 0.1) is 0 Å². The number of rotatable bonds is 5. The number of benzene rings is 3. The van der Waals surface area contributed by atoms with Gasteiger partial charge in [0.1, 0.15) is 0 Å². The predicted molar refractivity (Wildman–Crippen MR) is 124 cm³/mol. The van der Waals surface area contributed by atoms with Crippen molar-refractivity contribution < 1.29 is 13.2 Å². The highest BCUT2D eigenvalue weighted by atomic mass is 35.5. The molecule has 0 unspecified atom stereocenters. The zero-order valence-corrected chi connectivity index (χ0v) is 18.9. The highest BCUT2D eigenvalue weighted by Crippen LogP contribution is 2.37. The maximum absolute atomic E-state index is 13.3. The monoisotopic (exact) mass is 454 g/mol. The number of para-hydroxylation sites is 1. The van der Waals surface area contributed by atoms with Crippen LogP contribution in [0.2, 0.25) is 5.02 Å². The fraction of sp³-hybridized carbons (Fsp3) is 0.208. The van der Waals surface area contributed by atoms with Gasteiger partial charge in [-0.1, -0.05) is 36.7 Å². The largest absolute Gasteiger partial charge is 0.322 e. The molecule has 1 aliphatic rings. The lowest BCUT2D eigenvalue weighted by atomic mass is 10.1. The van der Waals surface area contributed by atoms with E-state index >= 15 is 0 Å². The lowest BCUT2D eigenvalue weighted by molar-refractivity contribution is 0.102. The molecule has 1 N–H and O–H groups in total. The summed E-state index contributed by atoms with van der Waals surface area (Å²) in [4.78, 5) is 13.0. The number of halogens is 1. The number of aryl methyl sites for hydroxylation is 1. The standard InChI is InChI=1S/C24H23ClN2O3S/c1-3-17-6-4-5-7-22(17)26-24(28)18-8-13-23-19(15-18)14-16(2)27(23)31(29,30)21-11-9-20(25)10-12-21/h4-13,15-16H,3,14H2,1-2H3,(H,26,28)/t16-/m0/s1. The molecule has 5 nitrogen and oxygen atoms in total. The van der Waals surface area contributed by atoms with Gasteiger partial charge in [0.15, 0.2) is 0 Å². The van der Waals surface area contributed by atoms with Crippen LogP contribution in [0.4, 0.5) is 11.4 Å². The van der Waals surface area contributed by atoms with Crippen molar-refractivity contribution in [2.75, 3.05) is 9.62 Å². The van der Waals surface area contributed by atoms with Gasteiger partial charge in [-0.15, -0.1) is 0 Å². The Morgan fingerprint density at radius 1 is 1.10 bits per heavy atom. The Hall–Kier alpha value is -2.83. The third-order valence-electron chi connectivity index (χ3n) is 5.51. The Morgan fingerprint density at radius 3 is 2.52 bits per heavy atom. The van der Waals surface area contributed by atoms with Gasteiger partial charge in [0, 0.05) is 22.3 Å². The molecular weight excluding hydrogens is 432 g/mol. The molecule has 3 aromatic rings. The molecule has 0 radical (unpaired) electrons. The molecule has 3 aromatic carbocycles. The van der Waals surface area contributed by atoms with Crippen molar-refractivity contribution in [3.8, 4) is 0 Å². The van der Waals surface area contributed by atoms with E-state index in [1.165, 1.54) is 16.4 Å². The minimum Gasteiger partial charge on any atom is -0.322 e. The molecule has 1 aliphatic heterocycles. The smallest absolute Gasteiger partial charge is 0.264 e. The average molecular weight is 455 g/mol. The van der Waals surface area contributed by atoms with Crippen LogP contribution in [0.1, 0.15) is 35.3 Å². The van der Waals surface area contributed by atoms with Gasteiger partial charge < -0.3 is 5.32 Å². The maximum Gasteiger partial charge on any atom is 0.264 e. The molecular formula is C24H23ClN2O3S. The van der Waals surface area contributed by atoms with Crippen LogP contribution in [0.15, 0.2) is 71.6 Å². The van der Waals surface area contributed by atoms with Crippen molar-refractivity contribution in [2.24, 2.45) is 0 Å². The topological polar surface area (TPSA) is 66.5 Å². The minimum absolute atomic E-state index is 0.189. The molecule has 160 valence electrons. The van der Waals surface area contributed by atoms with Crippen molar-refractivity contribution in [1.29, 1.82) is 0 Å². The first-order chi connectivity index (χ1) is 14.8. The van der Waals surface area contributed by atoms with Gasteiger partial charge in [-0.25, -0.2) is 8.42 Å². The van der Waals surface area contributed by atoms with Crippen molar-refractivity contribution in [2.45, 2.75) is 37.6 Å². The molecule has 31 heavy (non-hydrogen) atoms. The molecule has 0 spiro atoms. The molecule has 1 heterocycles. The minimum atomic E-state index is -3.73. The quantitative estimate of drug-likeness (QED) is 0.569. The second-order valence-corrected chi connectivity index (χ2v) is 9.87. The summed E-state index contributed by atoms with van der Waals surface area (Å²) >= 11 is 5.91. The zero-order valence-electron chi connectivity index (χ0n) is 17.3. The van der Waals surface area contributed by atoms with Gasteiger partial charge in [-0.3, -0.25) is 9.10 Å². The number of hydrogen-bond acceptors (Lipinski definition) is 3. The number of hydrogen-bond donors (Lipinski definition) is 1. The highest BCUT2D eigenvalue weighted by molar-refractivity contribution is 7.92. The summed E-state index contributed by atoms with van der Waals surface area (Å²) in [6.45, 7) is 3.90. The van der Waals surface area contributed by atoms with Crippen LogP contribution in [-0.2, 0) is 22.9 Å². The van der Waals surface area contributed by atoms with E-state index in [-0.39, 0.29) is 16.8 Å². The molecule has 0 aromatic heterocycles. The molecule has 0 bridgehead atoms. The van der Waals surface area contributed by atoms with E-state index in [1.54, 1.807) is 30.3 Å². The van der Waals surface area contributed by atoms with E-state index in [0.717, 1.165) is 23.2 Å². The van der Waals surface area contributed by atoms with Gasteiger partial charge in [0.25, 0.3) is 15.9 Å². The van der Waals surface area contributed by atoms with Gasteiger partial charge in [0.05, 0.1) is 10.6 Å². The normalized spacial score (nSPS) is 15.6. The number of anilines is 2. The summed E-state index contributed by atoms with van der Waals surface area (Å²) in [5.41, 5.74) is 3.79. The first-order valence-electron chi connectivity index (χ1n) is 10.1. The predicted octanol–water partition coefficient (Wildman–Crippen LogP) is 5.29. The van der Waals surface area contributed by atoms with E-state index < -0.39 is 10.0 Å². The molecule has 7 heteroatoms. The van der Waals surface area contributed by atoms with Crippen LogP contribution in [0.5, 0.6) is 0 Å². The third-order valence-corrected chi connectivity index (χ3v) is 7.71. The Bertz CT molecular complexity index is 1240. The highest BCUT2D eigenvalue weighted by Gasteiger charge is 2.36. The van der Waals surface area contributed by atoms with Gasteiger partial charge in [-0.05, 0) is 79.4 Å². The summed E-state index contributed by atoms with van der Waals surface area (Å²) in [5, 5.41) is 3.45. The van der Waals surface area contributed by atoms with E-state index in [4.69, 9.17) is 11.6 Å². The van der Waals surface area contributed by atoms with E-state index in [9.17, 15) is 13.2 Å². The number of amides is 1. The average Bonchev–Trinajstić information content (AvgIpc) is 3.10. The summed E-state index contributed by atoms with van der Waals surface area (Å²) in [6.07, 6.45) is 1.35. The van der Waals surface area contributed by atoms with Crippen molar-refractivity contribution >= 4 is 38.9 Å². The molecule has 0 saturated heterocycles. The summed E-state index contributed by atoms with van der Waals surface area (Å²) in [5.74, 6) is -0.213. The zero-order chi connectivity index (χ0) is 22.2. The van der Waals surface area contributed by atoms with Crippen LogP contribution in [-0.4, -0.2) is 20.4 Å². The number of fused-ring (bicyclic) bond motifs is 1. The lowest BCUT2D eigenvalue weighted by Crippen LogP contribution is -2.35. The van der Waals surface area contributed by atoms with Crippen LogP contribution >= 0.6 is 11.6 Å². The van der Waals surface area contributed by atoms with E-state index in [1.807, 2.05) is 38.1 Å². The van der Waals surface area contributed by atoms with E-state index in [2.05, 4.69) is 5.32 Å². The lowest BCUT2D eigenvalue weighted by Gasteiger charge is -2.24. The van der Waals surface area contributed by atoms with Gasteiger partial charge >= 0.3 is 0 Å². The summed E-state index contributed by atoms with van der Waals surface area (Å²) in [7, 11) is -3.73. The van der Waals surface area contributed by atoms with E-state index in [0.29, 0.717) is 22.7 Å². The fourth-order valence-corrected chi connectivity index (χ4v) is 5.79.